The van der Waals surface area contributed by atoms with Gasteiger partial charge in [0.1, 0.15) is 0 Å². The Hall–Kier alpha value is -2.68. The van der Waals surface area contributed by atoms with Gasteiger partial charge in [-0.1, -0.05) is 0 Å². The van der Waals surface area contributed by atoms with Gasteiger partial charge in [-0.3, -0.25) is 14.3 Å². The average Bonchev–Trinajstić information content (AvgIpc) is 3.11. The van der Waals surface area contributed by atoms with Crippen molar-refractivity contribution in [2.45, 2.75) is 39.8 Å². The summed E-state index contributed by atoms with van der Waals surface area (Å²) in [7, 11) is 0. The van der Waals surface area contributed by atoms with Gasteiger partial charge in [0.15, 0.2) is 0 Å². The summed E-state index contributed by atoms with van der Waals surface area (Å²) in [5.74, 6) is 0. The summed E-state index contributed by atoms with van der Waals surface area (Å²) in [4.78, 5) is 23.8. The summed E-state index contributed by atoms with van der Waals surface area (Å²) in [5, 5.41) is 21.7. The quantitative estimate of drug-likeness (QED) is 0.573. The molecule has 134 valence electrons. The van der Waals surface area contributed by atoms with Gasteiger partial charge in [-0.15, -0.1) is 0 Å². The number of nitrogens with one attached hydrogen (secondary N) is 2. The van der Waals surface area contributed by atoms with Gasteiger partial charge in [-0.05, 0) is 26.8 Å². The summed E-state index contributed by atoms with van der Waals surface area (Å²) >= 11 is 0. The molecule has 4 N–H and O–H groups in total. The minimum Gasteiger partial charge on any atom is -0.483 e. The molecule has 0 aliphatic heterocycles. The van der Waals surface area contributed by atoms with Crippen LogP contribution < -0.4 is 5.32 Å². The fourth-order valence-corrected chi connectivity index (χ4v) is 2.06. The average molecular weight is 339 g/mol. The van der Waals surface area contributed by atoms with Crippen LogP contribution in [0.3, 0.4) is 0 Å². The molecule has 24 heavy (non-hydrogen) atoms. The van der Waals surface area contributed by atoms with Gasteiger partial charge in [0.25, 0.3) is 12.9 Å². The number of carbonyl (C=O) groups is 2. The molecule has 2 aromatic heterocycles. The van der Waals surface area contributed by atoms with Gasteiger partial charge in [-0.25, -0.2) is 4.98 Å². The van der Waals surface area contributed by atoms with Crippen LogP contribution in [0.5, 0.6) is 0 Å². The van der Waals surface area contributed by atoms with Crippen LogP contribution in [0.4, 0.5) is 0 Å². The molecule has 1 unspecified atom stereocenters. The number of H-pyrrole nitrogens is 1. The van der Waals surface area contributed by atoms with Gasteiger partial charge in [0, 0.05) is 36.6 Å². The minimum atomic E-state index is -0.250. The van der Waals surface area contributed by atoms with E-state index in [9.17, 15) is 0 Å². The van der Waals surface area contributed by atoms with E-state index in [4.69, 9.17) is 19.8 Å². The maximum atomic E-state index is 8.36. The minimum absolute atomic E-state index is 0.250. The molecule has 2 aromatic rings. The molecule has 0 spiro atoms. The summed E-state index contributed by atoms with van der Waals surface area (Å²) < 4.78 is 2.06. The first kappa shape index (κ1) is 21.3. The molecule has 9 heteroatoms. The largest absolute Gasteiger partial charge is 0.483 e. The molecule has 0 radical (unpaired) electrons. The number of hydrogen-bond donors (Lipinski definition) is 4. The van der Waals surface area contributed by atoms with Gasteiger partial charge in [0.05, 0.1) is 18.6 Å². The Bertz CT molecular complexity index is 562. The monoisotopic (exact) mass is 339 g/mol. The van der Waals surface area contributed by atoms with Crippen LogP contribution >= 0.6 is 0 Å². The Balaban J connectivity index is 0.000000772. The van der Waals surface area contributed by atoms with E-state index in [1.807, 2.05) is 13.1 Å². The Labute approximate surface area is 140 Å². The zero-order valence-electron chi connectivity index (χ0n) is 14.1. The molecule has 0 bridgehead atoms. The van der Waals surface area contributed by atoms with Crippen molar-refractivity contribution >= 4 is 12.9 Å². The molecular weight excluding hydrogens is 314 g/mol. The maximum absolute atomic E-state index is 8.36. The fraction of sp³-hybridized carbons (Fsp3) is 0.467. The molecule has 0 saturated heterocycles. The highest BCUT2D eigenvalue weighted by Crippen LogP contribution is 2.02. The highest BCUT2D eigenvalue weighted by Gasteiger charge is 2.06. The van der Waals surface area contributed by atoms with E-state index in [-0.39, 0.29) is 12.9 Å². The van der Waals surface area contributed by atoms with Crippen molar-refractivity contribution < 1.29 is 19.8 Å². The molecule has 0 fully saturated rings. The number of carboxylic acid groups (broad SMARTS) is 2. The number of rotatable bonds is 6. The molecule has 0 saturated carbocycles. The Morgan fingerprint density at radius 2 is 1.96 bits per heavy atom. The lowest BCUT2D eigenvalue weighted by Crippen LogP contribution is -2.32. The zero-order valence-corrected chi connectivity index (χ0v) is 14.1. The summed E-state index contributed by atoms with van der Waals surface area (Å²) in [6.45, 7) is 7.66. The fourth-order valence-electron chi connectivity index (χ4n) is 2.06. The Morgan fingerprint density at radius 1 is 1.33 bits per heavy atom. The van der Waals surface area contributed by atoms with Crippen LogP contribution in [0.15, 0.2) is 18.6 Å². The molecule has 1 atom stereocenters. The van der Waals surface area contributed by atoms with Crippen LogP contribution in [-0.4, -0.2) is 55.5 Å². The first-order valence-electron chi connectivity index (χ1n) is 7.35. The summed E-state index contributed by atoms with van der Waals surface area (Å²) in [6, 6.07) is 2.52. The molecule has 0 aromatic carbocycles. The van der Waals surface area contributed by atoms with E-state index < -0.39 is 0 Å². The van der Waals surface area contributed by atoms with Gasteiger partial charge < -0.3 is 20.5 Å². The van der Waals surface area contributed by atoms with Gasteiger partial charge in [0.2, 0.25) is 0 Å². The third kappa shape index (κ3) is 9.36. The van der Waals surface area contributed by atoms with Gasteiger partial charge in [-0.2, -0.15) is 5.10 Å². The number of aromatic nitrogens is 4. The lowest BCUT2D eigenvalue weighted by molar-refractivity contribution is -0.123. The second-order valence-electron chi connectivity index (χ2n) is 5.00. The molecule has 0 aliphatic rings. The molecule has 9 nitrogen and oxygen atoms in total. The van der Waals surface area contributed by atoms with Crippen LogP contribution in [0.1, 0.15) is 24.0 Å². The van der Waals surface area contributed by atoms with E-state index in [0.29, 0.717) is 6.04 Å². The van der Waals surface area contributed by atoms with Crippen LogP contribution in [0, 0.1) is 13.8 Å². The number of nitrogens with zero attached hydrogens (tertiary/aromatic N) is 3. The highest BCUT2D eigenvalue weighted by atomic mass is 16.3. The second-order valence-corrected chi connectivity index (χ2v) is 5.00. The lowest BCUT2D eigenvalue weighted by Gasteiger charge is -2.14. The van der Waals surface area contributed by atoms with E-state index in [1.165, 1.54) is 11.4 Å². The van der Waals surface area contributed by atoms with Crippen molar-refractivity contribution in [1.82, 2.24) is 25.1 Å². The van der Waals surface area contributed by atoms with Crippen molar-refractivity contribution in [1.29, 1.82) is 0 Å². The van der Waals surface area contributed by atoms with Crippen LogP contribution in [0.25, 0.3) is 0 Å². The van der Waals surface area contributed by atoms with Gasteiger partial charge >= 0.3 is 0 Å². The third-order valence-electron chi connectivity index (χ3n) is 2.99. The van der Waals surface area contributed by atoms with E-state index in [0.717, 1.165) is 25.2 Å². The third-order valence-corrected chi connectivity index (χ3v) is 2.99. The first-order chi connectivity index (χ1) is 11.5. The second kappa shape index (κ2) is 12.8. The topological polar surface area (TPSA) is 133 Å². The van der Waals surface area contributed by atoms with Crippen molar-refractivity contribution in [2.75, 3.05) is 6.54 Å². The molecule has 2 heterocycles. The summed E-state index contributed by atoms with van der Waals surface area (Å²) in [6.07, 6.45) is 4.56. The van der Waals surface area contributed by atoms with Crippen LogP contribution in [0.2, 0.25) is 0 Å². The summed E-state index contributed by atoms with van der Waals surface area (Å²) in [5.41, 5.74) is 3.47. The van der Waals surface area contributed by atoms with Crippen molar-refractivity contribution in [3.8, 4) is 0 Å². The molecular formula is C15H25N5O4. The number of aryl methyl sites for hydroxylation is 2. The van der Waals surface area contributed by atoms with E-state index in [2.05, 4.69) is 45.0 Å². The number of aromatic amines is 1. The van der Waals surface area contributed by atoms with E-state index in [1.54, 1.807) is 6.33 Å². The normalized spacial score (nSPS) is 10.6. The Kier molecular flexibility index (Phi) is 11.4. The molecule has 0 amide bonds. The Morgan fingerprint density at radius 3 is 2.42 bits per heavy atom. The number of hydrogen-bond acceptors (Lipinski definition) is 5. The standard InChI is InChI=1S/C13H21N5.2CH2O2/c1-10-6-12(3)18(17-10)8-11(2)15-5-4-13-7-14-9-16-13;2*2-1-3/h6-7,9,11,15H,4-5,8H2,1-3H3,(H,14,16);2*1H,(H,2,3). The van der Waals surface area contributed by atoms with Crippen molar-refractivity contribution in [3.05, 3.63) is 35.7 Å². The number of imidazole rings is 1. The first-order valence-corrected chi connectivity index (χ1v) is 7.35. The van der Waals surface area contributed by atoms with Crippen molar-refractivity contribution in [2.24, 2.45) is 0 Å². The maximum Gasteiger partial charge on any atom is 0.290 e. The lowest BCUT2D eigenvalue weighted by atomic mass is 10.3. The zero-order chi connectivity index (χ0) is 18.4. The molecule has 0 aliphatic carbocycles. The highest BCUT2D eigenvalue weighted by molar-refractivity contribution is 5.33. The SMILES string of the molecule is Cc1cc(C)n(CC(C)NCCc2cnc[nH]2)n1.O=CO.O=CO. The predicted octanol–water partition coefficient (Wildman–Crippen LogP) is 0.845. The van der Waals surface area contributed by atoms with Crippen LogP contribution in [-0.2, 0) is 22.6 Å². The predicted molar refractivity (Wildman–Crippen MR) is 88.8 cm³/mol. The van der Waals surface area contributed by atoms with Crippen molar-refractivity contribution in [3.63, 3.8) is 0 Å². The smallest absolute Gasteiger partial charge is 0.290 e. The molecule has 2 rings (SSSR count). The van der Waals surface area contributed by atoms with E-state index >= 15 is 0 Å².